The fraction of sp³-hybridized carbons (Fsp3) is 0.294. The van der Waals surface area contributed by atoms with Gasteiger partial charge in [-0.15, -0.1) is 0 Å². The SMILES string of the molecule is CC(C)Oc1cc(C2(N)N=C(N)N(c3ccccn3)N2)ccc1OC(F)F. The molecule has 0 saturated carbocycles. The Hall–Kier alpha value is -2.98. The second-order valence-electron chi connectivity index (χ2n) is 6.08. The van der Waals surface area contributed by atoms with Crippen molar-refractivity contribution in [2.45, 2.75) is 32.3 Å². The first-order chi connectivity index (χ1) is 12.8. The Morgan fingerprint density at radius 2 is 1.93 bits per heavy atom. The van der Waals surface area contributed by atoms with Crippen LogP contribution in [0.5, 0.6) is 11.5 Å². The summed E-state index contributed by atoms with van der Waals surface area (Å²) in [6.45, 7) is 0.559. The molecule has 0 bridgehead atoms. The molecule has 2 heterocycles. The van der Waals surface area contributed by atoms with Crippen LogP contribution in [0, 0.1) is 0 Å². The predicted molar refractivity (Wildman–Crippen MR) is 96.2 cm³/mol. The Bertz CT molecular complexity index is 833. The molecule has 10 heteroatoms. The highest BCUT2D eigenvalue weighted by Gasteiger charge is 2.38. The number of benzene rings is 1. The Morgan fingerprint density at radius 1 is 1.15 bits per heavy atom. The van der Waals surface area contributed by atoms with E-state index in [1.807, 2.05) is 0 Å². The van der Waals surface area contributed by atoms with Crippen LogP contribution in [0.3, 0.4) is 0 Å². The molecule has 0 saturated heterocycles. The summed E-state index contributed by atoms with van der Waals surface area (Å²) in [4.78, 5) is 8.45. The van der Waals surface area contributed by atoms with Gasteiger partial charge in [-0.05, 0) is 44.2 Å². The number of nitrogens with zero attached hydrogens (tertiary/aromatic N) is 3. The van der Waals surface area contributed by atoms with E-state index >= 15 is 0 Å². The normalized spacial score (nSPS) is 19.5. The van der Waals surface area contributed by atoms with Crippen molar-refractivity contribution in [2.75, 3.05) is 5.01 Å². The summed E-state index contributed by atoms with van der Waals surface area (Å²) >= 11 is 0. The highest BCUT2D eigenvalue weighted by atomic mass is 19.3. The number of aliphatic imine (C=N–C) groups is 1. The standard InChI is InChI=1S/C17H20F2N6O2/c1-10(2)26-13-9-11(6-7-12(13)27-15(18)19)17(21)23-16(20)25(24-17)14-5-3-4-8-22-14/h3-10,15,24H,21H2,1-2H3,(H2,20,23). The molecule has 1 aliphatic rings. The molecule has 2 aromatic rings. The van der Waals surface area contributed by atoms with Gasteiger partial charge in [0.2, 0.25) is 11.7 Å². The maximum atomic E-state index is 12.6. The molecule has 1 atom stereocenters. The zero-order valence-corrected chi connectivity index (χ0v) is 14.8. The fourth-order valence-corrected chi connectivity index (χ4v) is 2.56. The average molecular weight is 378 g/mol. The van der Waals surface area contributed by atoms with Crippen LogP contribution in [-0.4, -0.2) is 23.7 Å². The second-order valence-corrected chi connectivity index (χ2v) is 6.08. The largest absolute Gasteiger partial charge is 0.487 e. The van der Waals surface area contributed by atoms with Gasteiger partial charge < -0.3 is 15.2 Å². The number of hydrazine groups is 1. The highest BCUT2D eigenvalue weighted by Crippen LogP contribution is 2.34. The number of ether oxygens (including phenoxy) is 2. The summed E-state index contributed by atoms with van der Waals surface area (Å²) in [5.74, 6) is -0.792. The van der Waals surface area contributed by atoms with Crippen LogP contribution in [0.1, 0.15) is 19.4 Å². The van der Waals surface area contributed by atoms with Gasteiger partial charge in [0.1, 0.15) is 5.82 Å². The van der Waals surface area contributed by atoms with Gasteiger partial charge in [-0.1, -0.05) is 6.07 Å². The molecule has 0 amide bonds. The molecule has 1 unspecified atom stereocenters. The van der Waals surface area contributed by atoms with Crippen molar-refractivity contribution in [3.05, 3.63) is 48.2 Å². The van der Waals surface area contributed by atoms with E-state index in [9.17, 15) is 8.78 Å². The number of pyridine rings is 1. The molecular weight excluding hydrogens is 358 g/mol. The van der Waals surface area contributed by atoms with E-state index in [1.165, 1.54) is 23.2 Å². The third-order valence-corrected chi connectivity index (χ3v) is 3.64. The van der Waals surface area contributed by atoms with E-state index in [0.717, 1.165) is 0 Å². The van der Waals surface area contributed by atoms with Crippen molar-refractivity contribution in [1.82, 2.24) is 10.4 Å². The smallest absolute Gasteiger partial charge is 0.387 e. The minimum absolute atomic E-state index is 0.0948. The van der Waals surface area contributed by atoms with Crippen LogP contribution < -0.4 is 31.4 Å². The predicted octanol–water partition coefficient (Wildman–Crippen LogP) is 1.88. The number of hydrogen-bond acceptors (Lipinski definition) is 8. The highest BCUT2D eigenvalue weighted by molar-refractivity contribution is 5.95. The summed E-state index contributed by atoms with van der Waals surface area (Å²) in [7, 11) is 0. The molecular formula is C17H20F2N6O2. The van der Waals surface area contributed by atoms with E-state index in [0.29, 0.717) is 11.4 Å². The quantitative estimate of drug-likeness (QED) is 0.704. The van der Waals surface area contributed by atoms with Crippen molar-refractivity contribution < 1.29 is 18.3 Å². The lowest BCUT2D eigenvalue weighted by molar-refractivity contribution is -0.0519. The molecule has 3 rings (SSSR count). The minimum Gasteiger partial charge on any atom is -0.487 e. The molecule has 144 valence electrons. The molecule has 27 heavy (non-hydrogen) atoms. The fourth-order valence-electron chi connectivity index (χ4n) is 2.56. The lowest BCUT2D eigenvalue weighted by atomic mass is 10.1. The summed E-state index contributed by atoms with van der Waals surface area (Å²) in [6.07, 6.45) is 1.34. The first-order valence-electron chi connectivity index (χ1n) is 8.17. The maximum absolute atomic E-state index is 12.6. The number of hydrogen-bond donors (Lipinski definition) is 3. The number of rotatable bonds is 6. The summed E-state index contributed by atoms with van der Waals surface area (Å²) in [5.41, 5.74) is 15.7. The lowest BCUT2D eigenvalue weighted by Gasteiger charge is -2.26. The van der Waals surface area contributed by atoms with E-state index < -0.39 is 12.4 Å². The Balaban J connectivity index is 1.93. The molecule has 0 spiro atoms. The first-order valence-corrected chi connectivity index (χ1v) is 8.17. The molecule has 1 aromatic carbocycles. The number of alkyl halides is 2. The lowest BCUT2D eigenvalue weighted by Crippen LogP contribution is -2.53. The Kier molecular flexibility index (Phi) is 5.10. The maximum Gasteiger partial charge on any atom is 0.387 e. The van der Waals surface area contributed by atoms with Crippen LogP contribution in [0.4, 0.5) is 14.6 Å². The molecule has 1 aliphatic heterocycles. The number of nitrogens with one attached hydrogen (secondary N) is 1. The zero-order chi connectivity index (χ0) is 19.6. The molecule has 5 N–H and O–H groups in total. The summed E-state index contributed by atoms with van der Waals surface area (Å²) in [6, 6.07) is 9.64. The summed E-state index contributed by atoms with van der Waals surface area (Å²) < 4.78 is 35.4. The van der Waals surface area contributed by atoms with Gasteiger partial charge in [-0.25, -0.2) is 15.0 Å². The monoisotopic (exact) mass is 378 g/mol. The van der Waals surface area contributed by atoms with Gasteiger partial charge in [-0.3, -0.25) is 5.73 Å². The Morgan fingerprint density at radius 3 is 2.56 bits per heavy atom. The van der Waals surface area contributed by atoms with Crippen molar-refractivity contribution in [1.29, 1.82) is 0 Å². The van der Waals surface area contributed by atoms with Gasteiger partial charge in [-0.2, -0.15) is 14.2 Å². The van der Waals surface area contributed by atoms with Crippen molar-refractivity contribution in [3.8, 4) is 11.5 Å². The van der Waals surface area contributed by atoms with Crippen LogP contribution in [-0.2, 0) is 5.79 Å². The minimum atomic E-state index is -2.98. The number of anilines is 1. The van der Waals surface area contributed by atoms with E-state index in [4.69, 9.17) is 16.2 Å². The third-order valence-electron chi connectivity index (χ3n) is 3.64. The Labute approximate surface area is 154 Å². The van der Waals surface area contributed by atoms with Gasteiger partial charge >= 0.3 is 6.61 Å². The van der Waals surface area contributed by atoms with Crippen molar-refractivity contribution in [3.63, 3.8) is 0 Å². The van der Waals surface area contributed by atoms with Gasteiger partial charge in [0.05, 0.1) is 6.10 Å². The molecule has 8 nitrogen and oxygen atoms in total. The van der Waals surface area contributed by atoms with Gasteiger partial charge in [0.25, 0.3) is 0 Å². The van der Waals surface area contributed by atoms with Crippen molar-refractivity contribution in [2.24, 2.45) is 16.5 Å². The number of nitrogens with two attached hydrogens (primary N) is 2. The van der Waals surface area contributed by atoms with Crippen LogP contribution in [0.25, 0.3) is 0 Å². The van der Waals surface area contributed by atoms with Gasteiger partial charge in [0, 0.05) is 11.8 Å². The molecule has 0 aliphatic carbocycles. The number of guanidine groups is 1. The van der Waals surface area contributed by atoms with Crippen LogP contribution >= 0.6 is 0 Å². The topological polar surface area (TPSA) is 111 Å². The van der Waals surface area contributed by atoms with Crippen molar-refractivity contribution >= 4 is 11.8 Å². The number of halogens is 2. The third kappa shape index (κ3) is 4.07. The van der Waals surface area contributed by atoms with Crippen LogP contribution in [0.2, 0.25) is 0 Å². The van der Waals surface area contributed by atoms with E-state index in [-0.39, 0.29) is 23.6 Å². The number of aromatic nitrogens is 1. The van der Waals surface area contributed by atoms with E-state index in [2.05, 4.69) is 20.1 Å². The summed E-state index contributed by atoms with van der Waals surface area (Å²) in [5, 5.41) is 1.44. The van der Waals surface area contributed by atoms with E-state index in [1.54, 1.807) is 38.2 Å². The zero-order valence-electron chi connectivity index (χ0n) is 14.8. The molecule has 1 aromatic heterocycles. The second kappa shape index (κ2) is 7.33. The average Bonchev–Trinajstić information content (AvgIpc) is 2.92. The first kappa shape index (κ1) is 18.8. The molecule has 0 radical (unpaired) electrons. The van der Waals surface area contributed by atoms with Gasteiger partial charge in [0.15, 0.2) is 11.5 Å². The molecule has 0 fully saturated rings. The van der Waals surface area contributed by atoms with Crippen LogP contribution in [0.15, 0.2) is 47.6 Å².